The van der Waals surface area contributed by atoms with Gasteiger partial charge in [0.25, 0.3) is 0 Å². The Morgan fingerprint density at radius 3 is 2.67 bits per heavy atom. The molecule has 3 heterocycles. The average molecular weight is 388 g/mol. The predicted octanol–water partition coefficient (Wildman–Crippen LogP) is 3.04. The van der Waals surface area contributed by atoms with E-state index >= 15 is 0 Å². The zero-order valence-electron chi connectivity index (χ0n) is 15.1. The second kappa shape index (κ2) is 6.41. The molecule has 2 aliphatic heterocycles. The van der Waals surface area contributed by atoms with E-state index in [2.05, 4.69) is 15.0 Å². The van der Waals surface area contributed by atoms with E-state index in [1.165, 1.54) is 6.33 Å². The molecular formula is C18H21N4O4P. The van der Waals surface area contributed by atoms with Crippen LogP contribution in [0.5, 0.6) is 5.88 Å². The number of hydrogen-bond donors (Lipinski definition) is 2. The number of nitrogen functional groups attached to an aromatic ring is 1. The van der Waals surface area contributed by atoms with Gasteiger partial charge >= 0.3 is 7.60 Å². The van der Waals surface area contributed by atoms with Crippen LogP contribution in [0.3, 0.4) is 0 Å². The Hall–Kier alpha value is -2.28. The van der Waals surface area contributed by atoms with Crippen LogP contribution in [0.1, 0.15) is 37.3 Å². The predicted molar refractivity (Wildman–Crippen MR) is 102 cm³/mol. The molecule has 0 spiro atoms. The second-order valence-corrected chi connectivity index (χ2v) is 9.23. The maximum atomic E-state index is 11.6. The van der Waals surface area contributed by atoms with E-state index in [-0.39, 0.29) is 24.5 Å². The molecule has 0 radical (unpaired) electrons. The van der Waals surface area contributed by atoms with E-state index in [1.54, 1.807) is 0 Å². The van der Waals surface area contributed by atoms with E-state index in [1.807, 2.05) is 38.1 Å². The number of hydrogen-bond acceptors (Lipinski definition) is 7. The first-order valence-corrected chi connectivity index (χ1v) is 10.5. The average Bonchev–Trinajstić information content (AvgIpc) is 2.61. The van der Waals surface area contributed by atoms with Gasteiger partial charge in [-0.3, -0.25) is 4.57 Å². The Balaban J connectivity index is 1.63. The van der Waals surface area contributed by atoms with Crippen LogP contribution < -0.4 is 10.5 Å². The van der Waals surface area contributed by atoms with Crippen LogP contribution in [0.4, 0.5) is 11.5 Å². The molecule has 0 bridgehead atoms. The molecule has 3 N–H and O–H groups in total. The number of benzene rings is 1. The third kappa shape index (κ3) is 3.48. The van der Waals surface area contributed by atoms with Crippen LogP contribution in [-0.4, -0.2) is 38.9 Å². The normalized spacial score (nSPS) is 26.6. The van der Waals surface area contributed by atoms with Crippen molar-refractivity contribution in [2.24, 2.45) is 4.99 Å². The quantitative estimate of drug-likeness (QED) is 0.759. The Morgan fingerprint density at radius 1 is 1.26 bits per heavy atom. The smallest absolute Gasteiger partial charge is 0.328 e. The Kier molecular flexibility index (Phi) is 4.29. The molecule has 2 atom stereocenters. The first-order valence-electron chi connectivity index (χ1n) is 8.70. The number of ether oxygens (including phenoxy) is 1. The second-order valence-electron chi connectivity index (χ2n) is 7.25. The number of aliphatic imine (C=N–C) groups is 1. The molecule has 2 aliphatic rings. The molecule has 27 heavy (non-hydrogen) atoms. The van der Waals surface area contributed by atoms with E-state index in [0.717, 1.165) is 16.8 Å². The van der Waals surface area contributed by atoms with Crippen molar-refractivity contribution in [1.82, 2.24) is 9.97 Å². The fourth-order valence-corrected chi connectivity index (χ4v) is 4.53. The lowest BCUT2D eigenvalue weighted by atomic mass is 9.91. The van der Waals surface area contributed by atoms with Crippen molar-refractivity contribution in [2.75, 3.05) is 18.5 Å². The summed E-state index contributed by atoms with van der Waals surface area (Å²) in [5.74, 6) is 0.758. The van der Waals surface area contributed by atoms with Gasteiger partial charge in [0.15, 0.2) is 11.5 Å². The monoisotopic (exact) mass is 388 g/mol. The topological polar surface area (TPSA) is 120 Å². The fourth-order valence-electron chi connectivity index (χ4n) is 3.35. The number of aromatic nitrogens is 2. The highest BCUT2D eigenvalue weighted by Gasteiger charge is 2.35. The molecule has 9 heteroatoms. The third-order valence-electron chi connectivity index (χ3n) is 4.86. The zero-order chi connectivity index (χ0) is 19.2. The number of nitrogens with zero attached hydrogens (tertiary/aromatic N) is 3. The Bertz CT molecular complexity index is 946. The molecule has 142 valence electrons. The van der Waals surface area contributed by atoms with Gasteiger partial charge in [-0.1, -0.05) is 24.3 Å². The van der Waals surface area contributed by atoms with Gasteiger partial charge in [0.05, 0.1) is 18.5 Å². The Labute approximate surface area is 157 Å². The lowest BCUT2D eigenvalue weighted by molar-refractivity contribution is 0.171. The van der Waals surface area contributed by atoms with Crippen LogP contribution in [0.15, 0.2) is 35.6 Å². The van der Waals surface area contributed by atoms with Gasteiger partial charge in [-0.2, -0.15) is 4.98 Å². The zero-order valence-corrected chi connectivity index (χ0v) is 16.0. The van der Waals surface area contributed by atoms with Crippen LogP contribution in [-0.2, 0) is 9.09 Å². The van der Waals surface area contributed by atoms with Crippen molar-refractivity contribution in [3.8, 4) is 5.88 Å². The maximum Gasteiger partial charge on any atom is 0.328 e. The molecule has 0 saturated carbocycles. The summed E-state index contributed by atoms with van der Waals surface area (Å²) in [7, 11) is -3.39. The van der Waals surface area contributed by atoms with Gasteiger partial charge in [-0.25, -0.2) is 9.98 Å². The van der Waals surface area contributed by atoms with Crippen molar-refractivity contribution in [3.63, 3.8) is 0 Å². The lowest BCUT2D eigenvalue weighted by Crippen LogP contribution is -2.41. The standard InChI is InChI=1S/C18H21N4O4P/c1-18(2)15(22-14-16(19)20-10-21-17(14)26-18)12-5-3-11(4-6-12)13-7-8-27(23,24)25-9-13/h3-6,10,13H,7-9H2,1-2H3,(H,23,24)(H2,19,20,21). The maximum absolute atomic E-state index is 11.6. The minimum absolute atomic E-state index is 0.107. The SMILES string of the molecule is CC1(C)Oc2ncnc(N)c2N=C1c1ccc(C2CCP(=O)(O)OC2)cc1. The molecule has 1 aromatic carbocycles. The van der Waals surface area contributed by atoms with Crippen molar-refractivity contribution in [2.45, 2.75) is 31.8 Å². The van der Waals surface area contributed by atoms with Gasteiger partial charge in [-0.15, -0.1) is 0 Å². The number of anilines is 1. The van der Waals surface area contributed by atoms with Gasteiger partial charge in [0.1, 0.15) is 11.9 Å². The summed E-state index contributed by atoms with van der Waals surface area (Å²) in [6, 6.07) is 7.93. The highest BCUT2D eigenvalue weighted by molar-refractivity contribution is 7.52. The molecule has 0 aliphatic carbocycles. The van der Waals surface area contributed by atoms with Gasteiger partial charge in [0.2, 0.25) is 5.88 Å². The van der Waals surface area contributed by atoms with Crippen molar-refractivity contribution >= 4 is 24.8 Å². The van der Waals surface area contributed by atoms with Gasteiger partial charge in [-0.05, 0) is 25.8 Å². The third-order valence-corrected chi connectivity index (χ3v) is 6.23. The highest BCUT2D eigenvalue weighted by atomic mass is 31.2. The Morgan fingerprint density at radius 2 is 2.00 bits per heavy atom. The molecule has 2 unspecified atom stereocenters. The first kappa shape index (κ1) is 18.1. The molecule has 1 aromatic heterocycles. The van der Waals surface area contributed by atoms with E-state index in [9.17, 15) is 9.46 Å². The lowest BCUT2D eigenvalue weighted by Gasteiger charge is -2.32. The fraction of sp³-hybridized carbons (Fsp3) is 0.389. The van der Waals surface area contributed by atoms with Gasteiger partial charge in [0, 0.05) is 11.5 Å². The molecule has 0 amide bonds. The number of fused-ring (bicyclic) bond motifs is 1. The summed E-state index contributed by atoms with van der Waals surface area (Å²) in [6.07, 6.45) is 2.17. The molecule has 4 rings (SSSR count). The van der Waals surface area contributed by atoms with Crippen LogP contribution in [0.25, 0.3) is 0 Å². The van der Waals surface area contributed by atoms with E-state index in [0.29, 0.717) is 18.0 Å². The van der Waals surface area contributed by atoms with E-state index < -0.39 is 13.2 Å². The summed E-state index contributed by atoms with van der Waals surface area (Å²) in [5, 5.41) is 0. The highest BCUT2D eigenvalue weighted by Crippen LogP contribution is 2.49. The number of nitrogens with two attached hydrogens (primary N) is 1. The molecule has 2 aromatic rings. The minimum Gasteiger partial charge on any atom is -0.463 e. The van der Waals surface area contributed by atoms with Gasteiger partial charge < -0.3 is 19.9 Å². The van der Waals surface area contributed by atoms with Crippen molar-refractivity contribution < 1.29 is 18.7 Å². The summed E-state index contributed by atoms with van der Waals surface area (Å²) >= 11 is 0. The summed E-state index contributed by atoms with van der Waals surface area (Å²) < 4.78 is 22.7. The first-order chi connectivity index (χ1) is 12.8. The van der Waals surface area contributed by atoms with Crippen molar-refractivity contribution in [1.29, 1.82) is 0 Å². The van der Waals surface area contributed by atoms with Crippen LogP contribution >= 0.6 is 7.60 Å². The minimum atomic E-state index is -3.39. The largest absolute Gasteiger partial charge is 0.463 e. The van der Waals surface area contributed by atoms with E-state index in [4.69, 9.17) is 15.0 Å². The summed E-state index contributed by atoms with van der Waals surface area (Å²) in [5.41, 5.74) is 8.39. The van der Waals surface area contributed by atoms with Crippen LogP contribution in [0.2, 0.25) is 0 Å². The molecule has 8 nitrogen and oxygen atoms in total. The molecule has 1 saturated heterocycles. The summed E-state index contributed by atoms with van der Waals surface area (Å²) in [4.78, 5) is 22.3. The molecular weight excluding hydrogens is 367 g/mol. The number of rotatable bonds is 2. The molecule has 1 fully saturated rings. The van der Waals surface area contributed by atoms with Crippen LogP contribution in [0, 0.1) is 0 Å². The van der Waals surface area contributed by atoms with Crippen molar-refractivity contribution in [3.05, 3.63) is 41.7 Å². The summed E-state index contributed by atoms with van der Waals surface area (Å²) in [6.45, 7) is 4.10.